The number of amidine groups is 1. The Hall–Kier alpha value is -0.810. The molecule has 2 aliphatic rings. The Morgan fingerprint density at radius 1 is 1.35 bits per heavy atom. The van der Waals surface area contributed by atoms with Gasteiger partial charge in [-0.2, -0.15) is 0 Å². The number of likely N-dealkylation sites (tertiary alicyclic amines) is 1. The van der Waals surface area contributed by atoms with Gasteiger partial charge in [0, 0.05) is 24.7 Å². The minimum absolute atomic E-state index is 0.129. The summed E-state index contributed by atoms with van der Waals surface area (Å²) >= 11 is 0. The summed E-state index contributed by atoms with van der Waals surface area (Å²) in [6.07, 6.45) is 4.22. The lowest BCUT2D eigenvalue weighted by molar-refractivity contribution is 0.0171. The second kappa shape index (κ2) is 5.23. The molecular formula is C12H23N3O2. The quantitative estimate of drug-likeness (QED) is 0.328. The van der Waals surface area contributed by atoms with Crippen LogP contribution in [-0.2, 0) is 4.74 Å². The Bertz CT molecular complexity index is 279. The van der Waals surface area contributed by atoms with Crippen LogP contribution in [0.4, 0.5) is 0 Å². The number of nitrogens with two attached hydrogens (primary N) is 1. The predicted octanol–water partition coefficient (Wildman–Crippen LogP) is 1.01. The zero-order valence-electron chi connectivity index (χ0n) is 10.6. The Morgan fingerprint density at radius 2 is 1.94 bits per heavy atom. The first kappa shape index (κ1) is 12.6. The van der Waals surface area contributed by atoms with Crippen molar-refractivity contribution < 1.29 is 9.94 Å². The summed E-state index contributed by atoms with van der Waals surface area (Å²) < 4.78 is 5.39. The number of rotatable bonds is 2. The number of piperidine rings is 1. The van der Waals surface area contributed by atoms with Gasteiger partial charge in [-0.1, -0.05) is 12.1 Å². The molecule has 0 aliphatic carbocycles. The molecule has 0 saturated carbocycles. The molecule has 0 bridgehead atoms. The molecule has 0 aromatic heterocycles. The average molecular weight is 241 g/mol. The maximum atomic E-state index is 8.80. The molecule has 5 nitrogen and oxygen atoms in total. The molecule has 0 amide bonds. The summed E-state index contributed by atoms with van der Waals surface area (Å²) in [5, 5.41) is 12.0. The van der Waals surface area contributed by atoms with Gasteiger partial charge >= 0.3 is 0 Å². The van der Waals surface area contributed by atoms with E-state index in [0.717, 1.165) is 52.0 Å². The molecule has 0 atom stereocenters. The number of ether oxygens (including phenoxy) is 1. The molecule has 2 rings (SSSR count). The highest BCUT2D eigenvalue weighted by Crippen LogP contribution is 2.33. The molecule has 2 aliphatic heterocycles. The third-order valence-corrected chi connectivity index (χ3v) is 4.33. The number of oxime groups is 1. The van der Waals surface area contributed by atoms with Crippen LogP contribution >= 0.6 is 0 Å². The fourth-order valence-electron chi connectivity index (χ4n) is 2.81. The van der Waals surface area contributed by atoms with E-state index in [1.54, 1.807) is 0 Å². The van der Waals surface area contributed by atoms with Crippen LogP contribution in [0.15, 0.2) is 5.16 Å². The minimum Gasteiger partial charge on any atom is -0.409 e. The molecule has 2 heterocycles. The fraction of sp³-hybridized carbons (Fsp3) is 0.917. The van der Waals surface area contributed by atoms with Crippen molar-refractivity contribution in [1.82, 2.24) is 4.90 Å². The molecule has 17 heavy (non-hydrogen) atoms. The lowest BCUT2D eigenvalue weighted by Gasteiger charge is -2.43. The largest absolute Gasteiger partial charge is 0.409 e. The molecule has 0 aromatic rings. The van der Waals surface area contributed by atoms with Gasteiger partial charge in [-0.05, 0) is 38.8 Å². The van der Waals surface area contributed by atoms with E-state index in [1.807, 2.05) is 0 Å². The minimum atomic E-state index is -0.129. The maximum absolute atomic E-state index is 8.80. The summed E-state index contributed by atoms with van der Waals surface area (Å²) in [6, 6.07) is 0.667. The van der Waals surface area contributed by atoms with Gasteiger partial charge < -0.3 is 20.6 Å². The Balaban J connectivity index is 1.89. The summed E-state index contributed by atoms with van der Waals surface area (Å²) in [4.78, 5) is 2.54. The van der Waals surface area contributed by atoms with Crippen LogP contribution in [-0.4, -0.2) is 48.3 Å². The first-order chi connectivity index (χ1) is 8.15. The summed E-state index contributed by atoms with van der Waals surface area (Å²) in [7, 11) is 0. The molecule has 0 radical (unpaired) electrons. The van der Waals surface area contributed by atoms with E-state index >= 15 is 0 Å². The number of hydrogen-bond donors (Lipinski definition) is 2. The van der Waals surface area contributed by atoms with E-state index in [-0.39, 0.29) is 5.41 Å². The van der Waals surface area contributed by atoms with Gasteiger partial charge in [0.2, 0.25) is 0 Å². The normalized spacial score (nSPS) is 28.2. The van der Waals surface area contributed by atoms with E-state index in [9.17, 15) is 0 Å². The van der Waals surface area contributed by atoms with E-state index in [2.05, 4.69) is 17.0 Å². The second-order valence-corrected chi connectivity index (χ2v) is 5.43. The van der Waals surface area contributed by atoms with Crippen LogP contribution in [0.2, 0.25) is 0 Å². The van der Waals surface area contributed by atoms with Gasteiger partial charge in [0.15, 0.2) is 0 Å². The van der Waals surface area contributed by atoms with Crippen LogP contribution in [0.5, 0.6) is 0 Å². The standard InChI is InChI=1S/C12H23N3O2/c1-12(11(13)14-16)4-6-15(7-5-12)10-2-8-17-9-3-10/h10,16H,2-9H2,1H3,(H2,13,14). The molecule has 5 heteroatoms. The van der Waals surface area contributed by atoms with Crippen molar-refractivity contribution in [2.45, 2.75) is 38.6 Å². The van der Waals surface area contributed by atoms with Gasteiger partial charge in [0.25, 0.3) is 0 Å². The first-order valence-electron chi connectivity index (χ1n) is 6.45. The highest BCUT2D eigenvalue weighted by atomic mass is 16.5. The van der Waals surface area contributed by atoms with Crippen LogP contribution in [0.3, 0.4) is 0 Å². The predicted molar refractivity (Wildman–Crippen MR) is 66.2 cm³/mol. The third-order valence-electron chi connectivity index (χ3n) is 4.33. The zero-order valence-corrected chi connectivity index (χ0v) is 10.6. The number of hydrogen-bond acceptors (Lipinski definition) is 4. The Morgan fingerprint density at radius 3 is 2.47 bits per heavy atom. The Kier molecular flexibility index (Phi) is 3.89. The van der Waals surface area contributed by atoms with Crippen molar-refractivity contribution in [2.75, 3.05) is 26.3 Å². The topological polar surface area (TPSA) is 71.1 Å². The monoisotopic (exact) mass is 241 g/mol. The molecule has 2 saturated heterocycles. The first-order valence-corrected chi connectivity index (χ1v) is 6.45. The van der Waals surface area contributed by atoms with Crippen molar-refractivity contribution in [2.24, 2.45) is 16.3 Å². The van der Waals surface area contributed by atoms with Gasteiger partial charge in [0.05, 0.1) is 0 Å². The maximum Gasteiger partial charge on any atom is 0.145 e. The molecule has 0 unspecified atom stereocenters. The van der Waals surface area contributed by atoms with Crippen molar-refractivity contribution in [1.29, 1.82) is 0 Å². The zero-order chi connectivity index (χ0) is 12.3. The highest BCUT2D eigenvalue weighted by molar-refractivity contribution is 5.85. The van der Waals surface area contributed by atoms with E-state index in [1.165, 1.54) is 0 Å². The smallest absolute Gasteiger partial charge is 0.145 e. The third kappa shape index (κ3) is 2.72. The van der Waals surface area contributed by atoms with Crippen LogP contribution in [0.1, 0.15) is 32.6 Å². The van der Waals surface area contributed by atoms with E-state index in [0.29, 0.717) is 11.9 Å². The van der Waals surface area contributed by atoms with Crippen molar-refractivity contribution in [3.05, 3.63) is 0 Å². The van der Waals surface area contributed by atoms with Gasteiger partial charge in [0.1, 0.15) is 5.84 Å². The lowest BCUT2D eigenvalue weighted by Crippen LogP contribution is -2.50. The van der Waals surface area contributed by atoms with Gasteiger partial charge in [-0.3, -0.25) is 0 Å². The van der Waals surface area contributed by atoms with Gasteiger partial charge in [-0.15, -0.1) is 0 Å². The fourth-order valence-corrected chi connectivity index (χ4v) is 2.81. The Labute approximate surface area is 103 Å². The SMILES string of the molecule is CC1(C(N)=NO)CCN(C2CCOCC2)CC1. The molecule has 98 valence electrons. The average Bonchev–Trinajstić information content (AvgIpc) is 2.39. The lowest BCUT2D eigenvalue weighted by atomic mass is 9.78. The highest BCUT2D eigenvalue weighted by Gasteiger charge is 2.36. The second-order valence-electron chi connectivity index (χ2n) is 5.43. The van der Waals surface area contributed by atoms with Crippen LogP contribution in [0, 0.1) is 5.41 Å². The van der Waals surface area contributed by atoms with Crippen LogP contribution < -0.4 is 5.73 Å². The summed E-state index contributed by atoms with van der Waals surface area (Å²) in [5.41, 5.74) is 5.64. The van der Waals surface area contributed by atoms with E-state index < -0.39 is 0 Å². The number of nitrogens with zero attached hydrogens (tertiary/aromatic N) is 2. The van der Waals surface area contributed by atoms with Crippen LogP contribution in [0.25, 0.3) is 0 Å². The van der Waals surface area contributed by atoms with Crippen molar-refractivity contribution >= 4 is 5.84 Å². The molecular weight excluding hydrogens is 218 g/mol. The summed E-state index contributed by atoms with van der Waals surface area (Å²) in [5.74, 6) is 0.379. The summed E-state index contributed by atoms with van der Waals surface area (Å²) in [6.45, 7) is 5.94. The van der Waals surface area contributed by atoms with Crippen molar-refractivity contribution in [3.63, 3.8) is 0 Å². The molecule has 3 N–H and O–H groups in total. The van der Waals surface area contributed by atoms with Crippen molar-refractivity contribution in [3.8, 4) is 0 Å². The molecule has 0 aromatic carbocycles. The van der Waals surface area contributed by atoms with E-state index in [4.69, 9.17) is 15.7 Å². The molecule has 0 spiro atoms. The molecule has 2 fully saturated rings. The van der Waals surface area contributed by atoms with Gasteiger partial charge in [-0.25, -0.2) is 0 Å².